The standard InChI is InChI=1S/C16H26N4O2/c1-11-8-7-9-13(17-11)18-14(21)10-20(6)12(2)15(22)19-16(3,4)5/h7-9,12H,10H2,1-6H3,(H,19,22)(H,17,18,21)/t12-/m1/s1. The molecule has 1 heterocycles. The van der Waals surface area contributed by atoms with Crippen molar-refractivity contribution in [1.29, 1.82) is 0 Å². The molecule has 0 spiro atoms. The van der Waals surface area contributed by atoms with Crippen LogP contribution in [0.5, 0.6) is 0 Å². The molecule has 22 heavy (non-hydrogen) atoms. The van der Waals surface area contributed by atoms with Crippen LogP contribution in [0.2, 0.25) is 0 Å². The lowest BCUT2D eigenvalue weighted by molar-refractivity contribution is -0.127. The summed E-state index contributed by atoms with van der Waals surface area (Å²) < 4.78 is 0. The first-order valence-electron chi connectivity index (χ1n) is 7.34. The van der Waals surface area contributed by atoms with Crippen molar-refractivity contribution in [2.75, 3.05) is 18.9 Å². The summed E-state index contributed by atoms with van der Waals surface area (Å²) in [6.07, 6.45) is 0. The summed E-state index contributed by atoms with van der Waals surface area (Å²) in [5.74, 6) is 0.220. The Labute approximate surface area is 132 Å². The van der Waals surface area contributed by atoms with Gasteiger partial charge in [0.2, 0.25) is 11.8 Å². The maximum absolute atomic E-state index is 12.1. The normalized spacial score (nSPS) is 12.9. The Bertz CT molecular complexity index is 537. The van der Waals surface area contributed by atoms with Gasteiger partial charge in [-0.2, -0.15) is 0 Å². The van der Waals surface area contributed by atoms with Crippen LogP contribution in [0.1, 0.15) is 33.4 Å². The van der Waals surface area contributed by atoms with Crippen molar-refractivity contribution >= 4 is 17.6 Å². The van der Waals surface area contributed by atoms with E-state index >= 15 is 0 Å². The number of nitrogens with zero attached hydrogens (tertiary/aromatic N) is 2. The number of hydrogen-bond donors (Lipinski definition) is 2. The van der Waals surface area contributed by atoms with Crippen LogP contribution in [-0.2, 0) is 9.59 Å². The molecule has 0 bridgehead atoms. The molecule has 0 unspecified atom stereocenters. The lowest BCUT2D eigenvalue weighted by Crippen LogP contribution is -2.51. The van der Waals surface area contributed by atoms with Crippen molar-refractivity contribution in [2.45, 2.75) is 46.2 Å². The van der Waals surface area contributed by atoms with Gasteiger partial charge in [0.1, 0.15) is 5.82 Å². The highest BCUT2D eigenvalue weighted by atomic mass is 16.2. The third-order valence-electron chi connectivity index (χ3n) is 3.09. The number of anilines is 1. The fourth-order valence-corrected chi connectivity index (χ4v) is 1.83. The minimum Gasteiger partial charge on any atom is -0.350 e. The molecule has 122 valence electrons. The zero-order valence-electron chi connectivity index (χ0n) is 14.2. The molecule has 1 aromatic rings. The molecular weight excluding hydrogens is 280 g/mol. The van der Waals surface area contributed by atoms with E-state index in [2.05, 4.69) is 15.6 Å². The highest BCUT2D eigenvalue weighted by Crippen LogP contribution is 2.05. The predicted octanol–water partition coefficient (Wildman–Crippen LogP) is 1.56. The van der Waals surface area contributed by atoms with E-state index in [0.29, 0.717) is 5.82 Å². The number of carbonyl (C=O) groups is 2. The Balaban J connectivity index is 2.54. The summed E-state index contributed by atoms with van der Waals surface area (Å²) in [6.45, 7) is 9.53. The van der Waals surface area contributed by atoms with Gasteiger partial charge in [0.25, 0.3) is 0 Å². The minimum absolute atomic E-state index is 0.100. The first kappa shape index (κ1) is 18.1. The first-order chi connectivity index (χ1) is 10.1. The van der Waals surface area contributed by atoms with Crippen LogP contribution in [0.4, 0.5) is 5.82 Å². The van der Waals surface area contributed by atoms with Crippen LogP contribution < -0.4 is 10.6 Å². The highest BCUT2D eigenvalue weighted by Gasteiger charge is 2.23. The third kappa shape index (κ3) is 6.22. The third-order valence-corrected chi connectivity index (χ3v) is 3.09. The van der Waals surface area contributed by atoms with Crippen molar-refractivity contribution in [3.05, 3.63) is 23.9 Å². The van der Waals surface area contributed by atoms with E-state index in [1.807, 2.05) is 39.8 Å². The van der Waals surface area contributed by atoms with Crippen LogP contribution in [0, 0.1) is 6.92 Å². The van der Waals surface area contributed by atoms with Crippen molar-refractivity contribution < 1.29 is 9.59 Å². The lowest BCUT2D eigenvalue weighted by atomic mass is 10.1. The molecule has 6 heteroatoms. The Morgan fingerprint density at radius 3 is 2.50 bits per heavy atom. The van der Waals surface area contributed by atoms with Gasteiger partial charge in [0, 0.05) is 11.2 Å². The summed E-state index contributed by atoms with van der Waals surface area (Å²) in [5.41, 5.74) is 0.545. The second kappa shape index (κ2) is 7.35. The smallest absolute Gasteiger partial charge is 0.239 e. The van der Waals surface area contributed by atoms with Crippen molar-refractivity contribution in [2.24, 2.45) is 0 Å². The number of hydrogen-bond acceptors (Lipinski definition) is 4. The molecule has 0 fully saturated rings. The van der Waals surface area contributed by atoms with Gasteiger partial charge < -0.3 is 10.6 Å². The summed E-state index contributed by atoms with van der Waals surface area (Å²) >= 11 is 0. The van der Waals surface area contributed by atoms with E-state index in [9.17, 15) is 9.59 Å². The SMILES string of the molecule is Cc1cccc(NC(=O)CN(C)[C@H](C)C(=O)NC(C)(C)C)n1. The van der Waals surface area contributed by atoms with E-state index in [0.717, 1.165) is 5.69 Å². The maximum Gasteiger partial charge on any atom is 0.239 e. The fraction of sp³-hybridized carbons (Fsp3) is 0.562. The van der Waals surface area contributed by atoms with Crippen LogP contribution in [0.25, 0.3) is 0 Å². The monoisotopic (exact) mass is 306 g/mol. The molecule has 1 atom stereocenters. The van der Waals surface area contributed by atoms with Gasteiger partial charge in [-0.25, -0.2) is 4.98 Å². The summed E-state index contributed by atoms with van der Waals surface area (Å²) in [6, 6.07) is 5.04. The molecule has 0 saturated carbocycles. The number of likely N-dealkylation sites (N-methyl/N-ethyl adjacent to an activating group) is 1. The fourth-order valence-electron chi connectivity index (χ4n) is 1.83. The van der Waals surface area contributed by atoms with Crippen LogP contribution >= 0.6 is 0 Å². The van der Waals surface area contributed by atoms with Gasteiger partial charge in [-0.15, -0.1) is 0 Å². The van der Waals surface area contributed by atoms with Gasteiger partial charge in [0.15, 0.2) is 0 Å². The zero-order valence-corrected chi connectivity index (χ0v) is 14.2. The number of amides is 2. The Morgan fingerprint density at radius 2 is 1.95 bits per heavy atom. The predicted molar refractivity (Wildman–Crippen MR) is 87.6 cm³/mol. The molecule has 6 nitrogen and oxygen atoms in total. The van der Waals surface area contributed by atoms with E-state index in [1.165, 1.54) is 0 Å². The van der Waals surface area contributed by atoms with Gasteiger partial charge in [0.05, 0.1) is 12.6 Å². The van der Waals surface area contributed by atoms with E-state index in [1.54, 1.807) is 24.9 Å². The molecule has 0 saturated heterocycles. The van der Waals surface area contributed by atoms with Crippen LogP contribution in [0.15, 0.2) is 18.2 Å². The van der Waals surface area contributed by atoms with Crippen molar-refractivity contribution in [3.8, 4) is 0 Å². The molecule has 2 amide bonds. The molecular formula is C16H26N4O2. The summed E-state index contributed by atoms with van der Waals surface area (Å²) in [5, 5.41) is 5.64. The molecule has 1 rings (SSSR count). The van der Waals surface area contributed by atoms with E-state index in [-0.39, 0.29) is 23.9 Å². The van der Waals surface area contributed by atoms with E-state index in [4.69, 9.17) is 0 Å². The Hall–Kier alpha value is -1.95. The molecule has 0 aliphatic heterocycles. The number of carbonyl (C=O) groups excluding carboxylic acids is 2. The average Bonchev–Trinajstić information content (AvgIpc) is 2.35. The van der Waals surface area contributed by atoms with Crippen LogP contribution in [-0.4, -0.2) is 46.9 Å². The molecule has 0 aromatic carbocycles. The lowest BCUT2D eigenvalue weighted by Gasteiger charge is -2.28. The summed E-state index contributed by atoms with van der Waals surface area (Å²) in [4.78, 5) is 30.0. The molecule has 0 aliphatic rings. The average molecular weight is 306 g/mol. The Kier molecular flexibility index (Phi) is 6.05. The topological polar surface area (TPSA) is 74.3 Å². The first-order valence-corrected chi connectivity index (χ1v) is 7.34. The molecule has 2 N–H and O–H groups in total. The van der Waals surface area contributed by atoms with Crippen molar-refractivity contribution in [1.82, 2.24) is 15.2 Å². The van der Waals surface area contributed by atoms with Gasteiger partial charge in [-0.1, -0.05) is 6.07 Å². The van der Waals surface area contributed by atoms with Crippen molar-refractivity contribution in [3.63, 3.8) is 0 Å². The summed E-state index contributed by atoms with van der Waals surface area (Å²) in [7, 11) is 1.75. The van der Waals surface area contributed by atoms with E-state index < -0.39 is 6.04 Å². The second-order valence-corrected chi connectivity index (χ2v) is 6.54. The van der Waals surface area contributed by atoms with Crippen LogP contribution in [0.3, 0.4) is 0 Å². The zero-order chi connectivity index (χ0) is 16.9. The number of rotatable bonds is 5. The quantitative estimate of drug-likeness (QED) is 0.866. The molecule has 0 radical (unpaired) electrons. The molecule has 1 aromatic heterocycles. The number of pyridine rings is 1. The van der Waals surface area contributed by atoms with Gasteiger partial charge in [-0.3, -0.25) is 14.5 Å². The Morgan fingerprint density at radius 1 is 1.32 bits per heavy atom. The highest BCUT2D eigenvalue weighted by molar-refractivity contribution is 5.92. The number of nitrogens with one attached hydrogen (secondary N) is 2. The van der Waals surface area contributed by atoms with Gasteiger partial charge >= 0.3 is 0 Å². The minimum atomic E-state index is -0.393. The number of aryl methyl sites for hydroxylation is 1. The largest absolute Gasteiger partial charge is 0.350 e. The molecule has 0 aliphatic carbocycles. The second-order valence-electron chi connectivity index (χ2n) is 6.54. The number of aromatic nitrogens is 1. The van der Waals surface area contributed by atoms with Gasteiger partial charge in [-0.05, 0) is 53.8 Å². The maximum atomic E-state index is 12.1.